The van der Waals surface area contributed by atoms with Gasteiger partial charge in [0.1, 0.15) is 6.04 Å². The van der Waals surface area contributed by atoms with Gasteiger partial charge in [-0.2, -0.15) is 13.2 Å². The molecule has 136 valence electrons. The van der Waals surface area contributed by atoms with Gasteiger partial charge >= 0.3 is 12.1 Å². The molecule has 3 atom stereocenters. The Morgan fingerprint density at radius 2 is 1.83 bits per heavy atom. The van der Waals surface area contributed by atoms with Crippen molar-refractivity contribution in [1.82, 2.24) is 0 Å². The van der Waals surface area contributed by atoms with Crippen molar-refractivity contribution >= 4 is 27.3 Å². The summed E-state index contributed by atoms with van der Waals surface area (Å²) in [4.78, 5) is 10.6. The van der Waals surface area contributed by atoms with Crippen molar-refractivity contribution in [2.24, 2.45) is 5.73 Å². The van der Waals surface area contributed by atoms with E-state index < -0.39 is 46.0 Å². The maximum Gasteiger partial charge on any atom is 0.395 e. The predicted octanol–water partition coefficient (Wildman–Crippen LogP) is 3.22. The molecule has 0 fully saturated rings. The first-order valence-corrected chi connectivity index (χ1v) is 9.25. The molecular formula is C14H18ClF3N2O3S. The first-order chi connectivity index (χ1) is 10.9. The summed E-state index contributed by atoms with van der Waals surface area (Å²) in [6.07, 6.45) is -5.41. The van der Waals surface area contributed by atoms with Crippen LogP contribution >= 0.6 is 11.6 Å². The van der Waals surface area contributed by atoms with Gasteiger partial charge in [0.2, 0.25) is 0 Å². The summed E-state index contributed by atoms with van der Waals surface area (Å²) in [5.41, 5.74) is 5.12. The first kappa shape index (κ1) is 20.7. The second kappa shape index (κ2) is 8.17. The standard InChI is InChI=1S/C14H18ClF3N2O3S/c15-11-4-2-1-3-9(11)10(14(16,17)18)5-7-24(20,23)8-6-12(19)13(21)22/h1-4,10,12,20H,5-8,19H2,(H,21,22)/t10?,12-,24?/m0/s1. The van der Waals surface area contributed by atoms with Gasteiger partial charge in [-0.05, 0) is 24.5 Å². The third-order valence-electron chi connectivity index (χ3n) is 3.49. The number of nitrogens with two attached hydrogens (primary N) is 1. The lowest BCUT2D eigenvalue weighted by Crippen LogP contribution is -2.32. The second-order valence-electron chi connectivity index (χ2n) is 5.36. The number of nitrogens with one attached hydrogen (secondary N) is 1. The third-order valence-corrected chi connectivity index (χ3v) is 5.62. The molecule has 10 heteroatoms. The van der Waals surface area contributed by atoms with Crippen molar-refractivity contribution in [3.8, 4) is 0 Å². The molecule has 0 aliphatic rings. The highest BCUT2D eigenvalue weighted by Crippen LogP contribution is 2.40. The van der Waals surface area contributed by atoms with Crippen LogP contribution in [0.1, 0.15) is 24.3 Å². The molecule has 4 N–H and O–H groups in total. The molecule has 0 saturated carbocycles. The Kier molecular flexibility index (Phi) is 7.06. The fourth-order valence-electron chi connectivity index (χ4n) is 2.10. The third kappa shape index (κ3) is 6.29. The van der Waals surface area contributed by atoms with Gasteiger partial charge in [0, 0.05) is 26.3 Å². The average Bonchev–Trinajstić information content (AvgIpc) is 2.45. The molecular weight excluding hydrogens is 369 g/mol. The minimum absolute atomic E-state index is 0.0517. The summed E-state index contributed by atoms with van der Waals surface area (Å²) in [7, 11) is -3.37. The molecule has 2 unspecified atom stereocenters. The second-order valence-corrected chi connectivity index (χ2v) is 8.21. The summed E-state index contributed by atoms with van der Waals surface area (Å²) in [6, 6.07) is 4.20. The maximum absolute atomic E-state index is 13.3. The summed E-state index contributed by atoms with van der Waals surface area (Å²) >= 11 is 5.81. The molecule has 0 amide bonds. The van der Waals surface area contributed by atoms with E-state index in [0.717, 1.165) is 0 Å². The lowest BCUT2D eigenvalue weighted by molar-refractivity contribution is -0.150. The molecule has 0 aliphatic carbocycles. The van der Waals surface area contributed by atoms with Crippen LogP contribution in [0.4, 0.5) is 13.2 Å². The van der Waals surface area contributed by atoms with Crippen LogP contribution in [0, 0.1) is 4.78 Å². The monoisotopic (exact) mass is 386 g/mol. The Labute approximate surface area is 143 Å². The van der Waals surface area contributed by atoms with Crippen molar-refractivity contribution in [2.45, 2.75) is 31.0 Å². The molecule has 5 nitrogen and oxygen atoms in total. The molecule has 1 aromatic rings. The first-order valence-electron chi connectivity index (χ1n) is 6.98. The maximum atomic E-state index is 13.3. The summed E-state index contributed by atoms with van der Waals surface area (Å²) in [5.74, 6) is -4.14. The number of benzene rings is 1. The van der Waals surface area contributed by atoms with Crippen LogP contribution < -0.4 is 5.73 Å². The van der Waals surface area contributed by atoms with Crippen molar-refractivity contribution in [3.05, 3.63) is 34.9 Å². The molecule has 0 heterocycles. The number of rotatable bonds is 8. The number of hydrogen-bond acceptors (Lipinski definition) is 4. The smallest absolute Gasteiger partial charge is 0.395 e. The Bertz CT molecular complexity index is 680. The topological polar surface area (TPSA) is 104 Å². The quantitative estimate of drug-likeness (QED) is 0.638. The molecule has 0 saturated heterocycles. The molecule has 0 bridgehead atoms. The Morgan fingerprint density at radius 3 is 2.33 bits per heavy atom. The normalized spacial score (nSPS) is 17.0. The highest BCUT2D eigenvalue weighted by Gasteiger charge is 2.41. The van der Waals surface area contributed by atoms with Crippen LogP contribution in [-0.2, 0) is 14.5 Å². The SMILES string of the molecule is N=S(=O)(CCC(c1ccccc1Cl)C(F)(F)F)CC[C@H](N)C(=O)O. The number of alkyl halides is 3. The zero-order valence-corrected chi connectivity index (χ0v) is 14.1. The van der Waals surface area contributed by atoms with E-state index in [1.54, 1.807) is 0 Å². The zero-order chi connectivity index (χ0) is 18.5. The molecule has 24 heavy (non-hydrogen) atoms. The van der Waals surface area contributed by atoms with Crippen LogP contribution in [0.25, 0.3) is 0 Å². The van der Waals surface area contributed by atoms with Crippen LogP contribution in [0.3, 0.4) is 0 Å². The van der Waals surface area contributed by atoms with E-state index in [0.29, 0.717) is 0 Å². The summed E-state index contributed by atoms with van der Waals surface area (Å²) in [6.45, 7) is 0. The van der Waals surface area contributed by atoms with E-state index in [1.807, 2.05) is 0 Å². The summed E-state index contributed by atoms with van der Waals surface area (Å²) < 4.78 is 59.5. The number of hydrogen-bond donors (Lipinski definition) is 3. The Morgan fingerprint density at radius 1 is 1.29 bits per heavy atom. The van der Waals surface area contributed by atoms with E-state index in [-0.39, 0.29) is 22.8 Å². The van der Waals surface area contributed by atoms with Gasteiger partial charge in [-0.15, -0.1) is 0 Å². The van der Waals surface area contributed by atoms with E-state index in [2.05, 4.69) is 0 Å². The minimum atomic E-state index is -4.60. The molecule has 1 aromatic carbocycles. The van der Waals surface area contributed by atoms with Gasteiger partial charge < -0.3 is 10.8 Å². The van der Waals surface area contributed by atoms with Gasteiger partial charge in [0.05, 0.1) is 5.92 Å². The minimum Gasteiger partial charge on any atom is -0.480 e. The van der Waals surface area contributed by atoms with Crippen LogP contribution in [0.5, 0.6) is 0 Å². The summed E-state index contributed by atoms with van der Waals surface area (Å²) in [5, 5.41) is 8.59. The van der Waals surface area contributed by atoms with Crippen molar-refractivity contribution in [3.63, 3.8) is 0 Å². The highest BCUT2D eigenvalue weighted by molar-refractivity contribution is 7.92. The van der Waals surface area contributed by atoms with Crippen LogP contribution in [-0.4, -0.2) is 39.0 Å². The molecule has 0 aliphatic heterocycles. The largest absolute Gasteiger partial charge is 0.480 e. The average molecular weight is 387 g/mol. The van der Waals surface area contributed by atoms with Crippen molar-refractivity contribution in [2.75, 3.05) is 11.5 Å². The molecule has 0 aromatic heterocycles. The van der Waals surface area contributed by atoms with Crippen molar-refractivity contribution in [1.29, 1.82) is 4.78 Å². The fraction of sp³-hybridized carbons (Fsp3) is 0.500. The van der Waals surface area contributed by atoms with E-state index in [1.165, 1.54) is 24.3 Å². The van der Waals surface area contributed by atoms with E-state index >= 15 is 0 Å². The lowest BCUT2D eigenvalue weighted by atomic mass is 9.96. The molecule has 1 rings (SSSR count). The van der Waals surface area contributed by atoms with E-state index in [9.17, 15) is 22.2 Å². The number of carboxylic acids is 1. The highest BCUT2D eigenvalue weighted by atomic mass is 35.5. The fourth-order valence-corrected chi connectivity index (χ4v) is 3.83. The molecule has 0 radical (unpaired) electrons. The van der Waals surface area contributed by atoms with Gasteiger partial charge in [0.25, 0.3) is 0 Å². The van der Waals surface area contributed by atoms with Gasteiger partial charge in [0.15, 0.2) is 0 Å². The Balaban J connectivity index is 2.83. The van der Waals surface area contributed by atoms with E-state index in [4.69, 9.17) is 27.2 Å². The van der Waals surface area contributed by atoms with Gasteiger partial charge in [-0.25, -0.2) is 4.21 Å². The number of halogens is 4. The Hall–Kier alpha value is -1.32. The van der Waals surface area contributed by atoms with Crippen LogP contribution in [0.15, 0.2) is 24.3 Å². The van der Waals surface area contributed by atoms with Crippen molar-refractivity contribution < 1.29 is 27.3 Å². The number of carbonyl (C=O) groups is 1. The number of aliphatic carboxylic acids is 1. The van der Waals surface area contributed by atoms with Gasteiger partial charge in [-0.1, -0.05) is 29.8 Å². The lowest BCUT2D eigenvalue weighted by Gasteiger charge is -2.22. The zero-order valence-electron chi connectivity index (χ0n) is 12.6. The number of carboxylic acid groups (broad SMARTS) is 1. The van der Waals surface area contributed by atoms with Crippen LogP contribution in [0.2, 0.25) is 5.02 Å². The molecule has 0 spiro atoms. The predicted molar refractivity (Wildman–Crippen MR) is 85.7 cm³/mol. The van der Waals surface area contributed by atoms with Gasteiger partial charge in [-0.3, -0.25) is 9.57 Å².